The van der Waals surface area contributed by atoms with Crippen molar-refractivity contribution < 1.29 is 9.59 Å². The summed E-state index contributed by atoms with van der Waals surface area (Å²) in [6.07, 6.45) is 0.288. The second-order valence-corrected chi connectivity index (χ2v) is 7.33. The first-order chi connectivity index (χ1) is 9.86. The van der Waals surface area contributed by atoms with Crippen LogP contribution in [0, 0.1) is 13.8 Å². The third-order valence-corrected chi connectivity index (χ3v) is 5.07. The molecule has 2 aromatic rings. The zero-order valence-electron chi connectivity index (χ0n) is 12.5. The molecule has 0 aliphatic carbocycles. The molecule has 0 bridgehead atoms. The fraction of sp³-hybridized carbons (Fsp3) is 0.400. The van der Waals surface area contributed by atoms with Gasteiger partial charge in [-0.25, -0.2) is 4.98 Å². The predicted molar refractivity (Wildman–Crippen MR) is 86.2 cm³/mol. The monoisotopic (exact) mass is 322 g/mol. The van der Waals surface area contributed by atoms with Gasteiger partial charge < -0.3 is 5.32 Å². The third kappa shape index (κ3) is 3.98. The highest BCUT2D eigenvalue weighted by Crippen LogP contribution is 2.22. The molecule has 1 atom stereocenters. The van der Waals surface area contributed by atoms with E-state index in [1.807, 2.05) is 26.2 Å². The quantitative estimate of drug-likeness (QED) is 0.858. The fourth-order valence-corrected chi connectivity index (χ4v) is 3.88. The van der Waals surface area contributed by atoms with Crippen molar-refractivity contribution in [3.8, 4) is 0 Å². The van der Waals surface area contributed by atoms with Crippen LogP contribution in [0.4, 0.5) is 0 Å². The Morgan fingerprint density at radius 2 is 2.10 bits per heavy atom. The number of rotatable bonds is 5. The average molecular weight is 322 g/mol. The van der Waals surface area contributed by atoms with Gasteiger partial charge in [0.2, 0.25) is 5.91 Å². The van der Waals surface area contributed by atoms with Crippen molar-refractivity contribution in [3.05, 3.63) is 37.5 Å². The van der Waals surface area contributed by atoms with Crippen molar-refractivity contribution in [1.82, 2.24) is 10.3 Å². The Kier molecular flexibility index (Phi) is 4.90. The number of nitrogens with one attached hydrogen (secondary N) is 1. The summed E-state index contributed by atoms with van der Waals surface area (Å²) in [6.45, 7) is 7.45. The Balaban J connectivity index is 1.97. The van der Waals surface area contributed by atoms with Crippen LogP contribution < -0.4 is 5.32 Å². The molecule has 112 valence electrons. The summed E-state index contributed by atoms with van der Waals surface area (Å²) >= 11 is 3.02. The number of ketones is 1. The smallest absolute Gasteiger partial charge is 0.224 e. The number of nitrogens with zero attached hydrogens (tertiary/aromatic N) is 1. The summed E-state index contributed by atoms with van der Waals surface area (Å²) in [6, 6.07) is 1.68. The number of aromatic nitrogens is 1. The highest BCUT2D eigenvalue weighted by Gasteiger charge is 2.16. The van der Waals surface area contributed by atoms with E-state index < -0.39 is 0 Å². The van der Waals surface area contributed by atoms with Crippen molar-refractivity contribution in [2.24, 2.45) is 0 Å². The molecule has 6 heteroatoms. The summed E-state index contributed by atoms with van der Waals surface area (Å²) in [4.78, 5) is 29.6. The van der Waals surface area contributed by atoms with Crippen LogP contribution in [0.1, 0.15) is 50.7 Å². The van der Waals surface area contributed by atoms with E-state index in [0.29, 0.717) is 4.88 Å². The lowest BCUT2D eigenvalue weighted by Gasteiger charge is -2.12. The highest BCUT2D eigenvalue weighted by molar-refractivity contribution is 7.12. The number of Topliss-reactive ketones (excluding diaryl/α,β-unsaturated/α-hetero) is 1. The van der Waals surface area contributed by atoms with Crippen LogP contribution in [0.2, 0.25) is 0 Å². The molecule has 0 aliphatic heterocycles. The lowest BCUT2D eigenvalue weighted by atomic mass is 10.1. The Morgan fingerprint density at radius 3 is 2.62 bits per heavy atom. The molecule has 0 saturated heterocycles. The van der Waals surface area contributed by atoms with E-state index in [1.165, 1.54) is 18.3 Å². The second-order valence-electron chi connectivity index (χ2n) is 5.02. The number of hydrogen-bond donors (Lipinski definition) is 1. The molecule has 0 fully saturated rings. The maximum Gasteiger partial charge on any atom is 0.224 e. The van der Waals surface area contributed by atoms with Crippen LogP contribution in [0.5, 0.6) is 0 Å². The molecule has 2 aromatic heterocycles. The summed E-state index contributed by atoms with van der Waals surface area (Å²) < 4.78 is 0. The maximum atomic E-state index is 12.1. The molecular weight excluding hydrogens is 304 g/mol. The van der Waals surface area contributed by atoms with E-state index in [4.69, 9.17) is 0 Å². The second kappa shape index (κ2) is 6.49. The van der Waals surface area contributed by atoms with Gasteiger partial charge in [-0.2, -0.15) is 0 Å². The van der Waals surface area contributed by atoms with E-state index in [0.717, 1.165) is 21.1 Å². The van der Waals surface area contributed by atoms with Gasteiger partial charge in [0.1, 0.15) is 0 Å². The molecule has 4 nitrogen and oxygen atoms in total. The molecule has 0 aromatic carbocycles. The fourth-order valence-electron chi connectivity index (χ4n) is 2.15. The van der Waals surface area contributed by atoms with Gasteiger partial charge >= 0.3 is 0 Å². The molecule has 0 aliphatic rings. The van der Waals surface area contributed by atoms with Gasteiger partial charge in [0.05, 0.1) is 28.0 Å². The molecule has 0 spiro atoms. The number of amides is 1. The Hall–Kier alpha value is -1.53. The molecule has 2 rings (SSSR count). The van der Waals surface area contributed by atoms with Crippen LogP contribution in [-0.2, 0) is 11.2 Å². The van der Waals surface area contributed by atoms with Gasteiger partial charge in [-0.3, -0.25) is 9.59 Å². The van der Waals surface area contributed by atoms with Crippen molar-refractivity contribution in [3.63, 3.8) is 0 Å². The van der Waals surface area contributed by atoms with Crippen molar-refractivity contribution >= 4 is 34.4 Å². The van der Waals surface area contributed by atoms with E-state index in [-0.39, 0.29) is 24.2 Å². The van der Waals surface area contributed by atoms with Gasteiger partial charge in [0, 0.05) is 4.88 Å². The van der Waals surface area contributed by atoms with Gasteiger partial charge in [-0.05, 0) is 44.7 Å². The van der Waals surface area contributed by atoms with Crippen LogP contribution in [0.25, 0.3) is 0 Å². The third-order valence-electron chi connectivity index (χ3n) is 3.09. The summed E-state index contributed by atoms with van der Waals surface area (Å²) in [5.41, 5.74) is 1.81. The van der Waals surface area contributed by atoms with Crippen LogP contribution in [0.3, 0.4) is 0 Å². The molecule has 2 heterocycles. The van der Waals surface area contributed by atoms with E-state index in [2.05, 4.69) is 10.3 Å². The predicted octanol–water partition coefficient (Wildman–Crippen LogP) is 3.44. The van der Waals surface area contributed by atoms with E-state index in [1.54, 1.807) is 17.4 Å². The Labute approximate surface area is 132 Å². The topological polar surface area (TPSA) is 59.1 Å². The van der Waals surface area contributed by atoms with Crippen LogP contribution in [0.15, 0.2) is 11.4 Å². The number of hydrogen-bond acceptors (Lipinski definition) is 5. The molecule has 0 saturated carbocycles. The zero-order valence-corrected chi connectivity index (χ0v) is 14.2. The lowest BCUT2D eigenvalue weighted by molar-refractivity contribution is -0.121. The van der Waals surface area contributed by atoms with Crippen LogP contribution >= 0.6 is 22.7 Å². The number of carbonyl (C=O) groups is 2. The number of thiazole rings is 1. The van der Waals surface area contributed by atoms with Crippen molar-refractivity contribution in [2.45, 2.75) is 40.2 Å². The summed E-state index contributed by atoms with van der Waals surface area (Å²) in [5, 5.41) is 5.83. The molecule has 21 heavy (non-hydrogen) atoms. The number of thiophene rings is 1. The van der Waals surface area contributed by atoms with Gasteiger partial charge in [-0.15, -0.1) is 22.7 Å². The first-order valence-electron chi connectivity index (χ1n) is 6.68. The maximum absolute atomic E-state index is 12.1. The zero-order chi connectivity index (χ0) is 15.6. The Morgan fingerprint density at radius 1 is 1.38 bits per heavy atom. The van der Waals surface area contributed by atoms with Crippen molar-refractivity contribution in [2.75, 3.05) is 0 Å². The van der Waals surface area contributed by atoms with Gasteiger partial charge in [-0.1, -0.05) is 0 Å². The normalized spacial score (nSPS) is 12.2. The number of carbonyl (C=O) groups excluding carboxylic acids is 2. The number of aryl methyl sites for hydroxylation is 2. The molecular formula is C15H18N2O2S2. The minimum atomic E-state index is -0.103. The first kappa shape index (κ1) is 15.9. The summed E-state index contributed by atoms with van der Waals surface area (Å²) in [5.74, 6) is -0.0194. The molecule has 0 radical (unpaired) electrons. The van der Waals surface area contributed by atoms with Crippen molar-refractivity contribution in [1.29, 1.82) is 0 Å². The highest BCUT2D eigenvalue weighted by atomic mass is 32.1. The minimum Gasteiger partial charge on any atom is -0.348 e. The van der Waals surface area contributed by atoms with Gasteiger partial charge in [0.25, 0.3) is 0 Å². The Bertz CT molecular complexity index is 673. The average Bonchev–Trinajstić information content (AvgIpc) is 2.95. The van der Waals surface area contributed by atoms with Crippen LogP contribution in [-0.4, -0.2) is 16.7 Å². The first-order valence-corrected chi connectivity index (χ1v) is 8.38. The minimum absolute atomic E-state index is 0.0357. The van der Waals surface area contributed by atoms with Gasteiger partial charge in [0.15, 0.2) is 5.78 Å². The largest absolute Gasteiger partial charge is 0.348 e. The standard InChI is InChI=1S/C15H18N2O2S2/c1-8(15-10(3)21-11(4)17-15)16-14(19)6-12-5-13(9(2)18)20-7-12/h5,7-8H,6H2,1-4H3,(H,16,19)/t8-/m0/s1. The SMILES string of the molecule is CC(=O)c1cc(CC(=O)N[C@@H](C)c2nc(C)sc2C)cs1. The summed E-state index contributed by atoms with van der Waals surface area (Å²) in [7, 11) is 0. The van der Waals surface area contributed by atoms with E-state index in [9.17, 15) is 9.59 Å². The van der Waals surface area contributed by atoms with E-state index >= 15 is 0 Å². The molecule has 1 N–H and O–H groups in total. The lowest BCUT2D eigenvalue weighted by Crippen LogP contribution is -2.28. The molecule has 0 unspecified atom stereocenters. The molecule has 1 amide bonds.